The van der Waals surface area contributed by atoms with Crippen LogP contribution in [0.1, 0.15) is 54.5 Å². The third kappa shape index (κ3) is 3.58. The van der Waals surface area contributed by atoms with Crippen LogP contribution < -0.4 is 10.0 Å². The van der Waals surface area contributed by atoms with Crippen LogP contribution in [-0.4, -0.2) is 14.0 Å². The number of sulfonamides is 1. The van der Waals surface area contributed by atoms with Crippen molar-refractivity contribution < 1.29 is 8.42 Å². The molecule has 1 aromatic heterocycles. The van der Waals surface area contributed by atoms with Gasteiger partial charge in [0.15, 0.2) is 0 Å². The zero-order chi connectivity index (χ0) is 19.4. The zero-order valence-electron chi connectivity index (χ0n) is 16.1. The summed E-state index contributed by atoms with van der Waals surface area (Å²) in [5.74, 6) is 0.669. The minimum Gasteiger partial charge on any atom is -0.377 e. The summed E-state index contributed by atoms with van der Waals surface area (Å²) >= 11 is 1.84. The number of hydrogen-bond acceptors (Lipinski definition) is 4. The summed E-state index contributed by atoms with van der Waals surface area (Å²) in [6, 6.07) is 10.1. The van der Waals surface area contributed by atoms with Crippen molar-refractivity contribution in [2.75, 3.05) is 5.32 Å². The third-order valence-corrected chi connectivity index (χ3v) is 7.99. The Hall–Kier alpha value is -1.63. The zero-order valence-corrected chi connectivity index (χ0v) is 17.7. The molecule has 4 nitrogen and oxygen atoms in total. The van der Waals surface area contributed by atoms with E-state index in [2.05, 4.69) is 41.2 Å². The lowest BCUT2D eigenvalue weighted by Crippen LogP contribution is -2.40. The van der Waals surface area contributed by atoms with Crippen molar-refractivity contribution in [2.45, 2.75) is 56.5 Å². The predicted molar refractivity (Wildman–Crippen MR) is 112 cm³/mol. The van der Waals surface area contributed by atoms with Gasteiger partial charge in [0, 0.05) is 26.9 Å². The molecule has 2 heterocycles. The Kier molecular flexibility index (Phi) is 4.48. The van der Waals surface area contributed by atoms with Gasteiger partial charge in [-0.05, 0) is 75.9 Å². The molecule has 4 rings (SSSR count). The molecule has 0 fully saturated rings. The highest BCUT2D eigenvalue weighted by Crippen LogP contribution is 2.51. The minimum absolute atomic E-state index is 0.249. The maximum absolute atomic E-state index is 12.8. The van der Waals surface area contributed by atoms with E-state index in [1.54, 1.807) is 6.07 Å². The number of thiophene rings is 1. The molecule has 0 saturated heterocycles. The Balaban J connectivity index is 1.73. The molecule has 3 unspecified atom stereocenters. The molecule has 1 aromatic carbocycles. The van der Waals surface area contributed by atoms with Gasteiger partial charge in [-0.15, -0.1) is 11.3 Å². The molecular weight excluding hydrogens is 376 g/mol. The van der Waals surface area contributed by atoms with Gasteiger partial charge in [-0.1, -0.05) is 12.2 Å². The lowest BCUT2D eigenvalue weighted by atomic mass is 9.79. The molecule has 144 valence electrons. The van der Waals surface area contributed by atoms with E-state index in [0.29, 0.717) is 10.8 Å². The van der Waals surface area contributed by atoms with E-state index >= 15 is 0 Å². The highest BCUT2D eigenvalue weighted by Gasteiger charge is 2.39. The van der Waals surface area contributed by atoms with Gasteiger partial charge in [-0.3, -0.25) is 0 Å². The largest absolute Gasteiger partial charge is 0.377 e. The first-order chi connectivity index (χ1) is 12.6. The Labute approximate surface area is 165 Å². The summed E-state index contributed by atoms with van der Waals surface area (Å²) in [6.45, 7) is 7.70. The third-order valence-electron chi connectivity index (χ3n) is 5.15. The number of anilines is 1. The van der Waals surface area contributed by atoms with Gasteiger partial charge in [0.2, 0.25) is 10.0 Å². The van der Waals surface area contributed by atoms with E-state index in [4.69, 9.17) is 0 Å². The predicted octanol–water partition coefficient (Wildman–Crippen LogP) is 4.96. The molecular formula is C21H26N2O2S2. The van der Waals surface area contributed by atoms with Crippen LogP contribution in [0.2, 0.25) is 0 Å². The molecule has 0 saturated carbocycles. The number of benzene rings is 1. The van der Waals surface area contributed by atoms with Crippen molar-refractivity contribution in [3.05, 3.63) is 57.8 Å². The van der Waals surface area contributed by atoms with Crippen molar-refractivity contribution in [1.29, 1.82) is 0 Å². The van der Waals surface area contributed by atoms with Gasteiger partial charge in [0.05, 0.1) is 10.9 Å². The SMILES string of the molecule is Cc1ccc(C2Nc3ccc(S(=O)(=O)NC(C)(C)C)cc3C3C=CCC32)s1. The van der Waals surface area contributed by atoms with E-state index < -0.39 is 15.6 Å². The number of fused-ring (bicyclic) bond motifs is 3. The highest BCUT2D eigenvalue weighted by molar-refractivity contribution is 7.89. The van der Waals surface area contributed by atoms with E-state index in [-0.39, 0.29) is 12.0 Å². The normalized spacial score (nSPS) is 24.4. The van der Waals surface area contributed by atoms with Crippen molar-refractivity contribution in [2.24, 2.45) is 5.92 Å². The topological polar surface area (TPSA) is 58.2 Å². The second kappa shape index (κ2) is 6.47. The van der Waals surface area contributed by atoms with Gasteiger partial charge in [0.25, 0.3) is 0 Å². The minimum atomic E-state index is -3.54. The number of rotatable bonds is 3. The van der Waals surface area contributed by atoms with E-state index in [1.165, 1.54) is 9.75 Å². The summed E-state index contributed by atoms with van der Waals surface area (Å²) < 4.78 is 28.3. The summed E-state index contributed by atoms with van der Waals surface area (Å²) in [6.07, 6.45) is 5.48. The molecule has 1 aliphatic carbocycles. The summed E-state index contributed by atoms with van der Waals surface area (Å²) in [7, 11) is -3.54. The van der Waals surface area contributed by atoms with Gasteiger partial charge >= 0.3 is 0 Å². The fourth-order valence-electron chi connectivity index (χ4n) is 4.10. The van der Waals surface area contributed by atoms with Crippen molar-refractivity contribution >= 4 is 27.0 Å². The van der Waals surface area contributed by atoms with Crippen molar-refractivity contribution in [3.63, 3.8) is 0 Å². The summed E-state index contributed by atoms with van der Waals surface area (Å²) in [4.78, 5) is 3.00. The molecule has 3 atom stereocenters. The first-order valence-corrected chi connectivity index (χ1v) is 11.6. The molecule has 0 radical (unpaired) electrons. The van der Waals surface area contributed by atoms with Crippen LogP contribution >= 0.6 is 11.3 Å². The molecule has 0 amide bonds. The Morgan fingerprint density at radius 2 is 1.96 bits per heavy atom. The number of aryl methyl sites for hydroxylation is 1. The first-order valence-electron chi connectivity index (χ1n) is 9.31. The van der Waals surface area contributed by atoms with Crippen LogP contribution in [-0.2, 0) is 10.0 Å². The summed E-state index contributed by atoms with van der Waals surface area (Å²) in [5.41, 5.74) is 1.61. The lowest BCUT2D eigenvalue weighted by Gasteiger charge is -2.37. The van der Waals surface area contributed by atoms with Crippen molar-refractivity contribution in [3.8, 4) is 0 Å². The average molecular weight is 403 g/mol. The maximum atomic E-state index is 12.8. The van der Waals surface area contributed by atoms with E-state index in [0.717, 1.165) is 17.7 Å². The molecule has 2 N–H and O–H groups in total. The van der Waals surface area contributed by atoms with Crippen LogP contribution in [0.4, 0.5) is 5.69 Å². The number of nitrogens with one attached hydrogen (secondary N) is 2. The average Bonchev–Trinajstić information content (AvgIpc) is 3.20. The Morgan fingerprint density at radius 1 is 1.19 bits per heavy atom. The maximum Gasteiger partial charge on any atom is 0.241 e. The molecule has 6 heteroatoms. The van der Waals surface area contributed by atoms with Gasteiger partial charge < -0.3 is 5.32 Å². The van der Waals surface area contributed by atoms with Gasteiger partial charge in [-0.2, -0.15) is 0 Å². The van der Waals surface area contributed by atoms with Crippen LogP contribution in [0.15, 0.2) is 47.4 Å². The molecule has 0 spiro atoms. The molecule has 2 aromatic rings. The monoisotopic (exact) mass is 402 g/mol. The Bertz CT molecular complexity index is 999. The smallest absolute Gasteiger partial charge is 0.241 e. The fraction of sp³-hybridized carbons (Fsp3) is 0.429. The van der Waals surface area contributed by atoms with Crippen LogP contribution in [0, 0.1) is 12.8 Å². The fourth-order valence-corrected chi connectivity index (χ4v) is 6.56. The van der Waals surface area contributed by atoms with Gasteiger partial charge in [0.1, 0.15) is 0 Å². The first kappa shape index (κ1) is 18.7. The molecule has 2 aliphatic rings. The van der Waals surface area contributed by atoms with Crippen LogP contribution in [0.3, 0.4) is 0 Å². The van der Waals surface area contributed by atoms with Gasteiger partial charge in [-0.25, -0.2) is 13.1 Å². The van der Waals surface area contributed by atoms with E-state index in [9.17, 15) is 8.42 Å². The van der Waals surface area contributed by atoms with Crippen LogP contribution in [0.25, 0.3) is 0 Å². The molecule has 1 aliphatic heterocycles. The highest BCUT2D eigenvalue weighted by atomic mass is 32.2. The summed E-state index contributed by atoms with van der Waals surface area (Å²) in [5, 5.41) is 3.68. The second-order valence-corrected chi connectivity index (χ2v) is 11.5. The van der Waals surface area contributed by atoms with Crippen LogP contribution in [0.5, 0.6) is 0 Å². The standard InChI is InChI=1S/C21H26N2O2S2/c1-13-8-11-19(26-13)20-16-7-5-6-15(16)17-12-14(9-10-18(17)22-20)27(24,25)23-21(2,3)4/h5-6,8-12,15-16,20,22-23H,7H2,1-4H3. The molecule has 27 heavy (non-hydrogen) atoms. The second-order valence-electron chi connectivity index (χ2n) is 8.53. The number of allylic oxidation sites excluding steroid dienone is 2. The lowest BCUT2D eigenvalue weighted by molar-refractivity contribution is 0.429. The molecule has 0 bridgehead atoms. The number of hydrogen-bond donors (Lipinski definition) is 2. The quantitative estimate of drug-likeness (QED) is 0.714. The van der Waals surface area contributed by atoms with E-state index in [1.807, 2.05) is 44.2 Å². The van der Waals surface area contributed by atoms with Crippen molar-refractivity contribution in [1.82, 2.24) is 4.72 Å². The Morgan fingerprint density at radius 3 is 2.63 bits per heavy atom.